The molecule has 2 aromatic carbocycles. The number of carbonyl (C=O) groups excluding carboxylic acids is 1. The van der Waals surface area contributed by atoms with Crippen LogP contribution in [0.25, 0.3) is 10.9 Å². The molecule has 5 N–H and O–H groups in total. The van der Waals surface area contributed by atoms with Gasteiger partial charge in [0.1, 0.15) is 12.1 Å². The molecule has 0 fully saturated rings. The second kappa shape index (κ2) is 11.3. The van der Waals surface area contributed by atoms with Crippen molar-refractivity contribution in [2.45, 2.75) is 19.4 Å². The number of methoxy groups -OCH3 is 1. The Morgan fingerprint density at radius 3 is 2.73 bits per heavy atom. The number of hydrogen-bond acceptors (Lipinski definition) is 8. The Morgan fingerprint density at radius 1 is 1.18 bits per heavy atom. The standard InChI is InChI=1S/C22H24ClN5O5/c1-32-18-9-17-15(8-19(18)33-11-21(30)31)22(27-12-26-17)28-16-7-14(23)5-4-13(16)10-25-20(29)3-2-6-24/h4-5,7-9,12H,2-3,6,10-11,24H2,1H3,(H,25,29)(H,30,31)(H,26,27,28). The second-order valence-electron chi connectivity index (χ2n) is 7.02. The summed E-state index contributed by atoms with van der Waals surface area (Å²) in [6, 6.07) is 8.51. The lowest BCUT2D eigenvalue weighted by atomic mass is 10.1. The van der Waals surface area contributed by atoms with E-state index < -0.39 is 12.6 Å². The van der Waals surface area contributed by atoms with Crippen molar-refractivity contribution in [1.29, 1.82) is 0 Å². The van der Waals surface area contributed by atoms with E-state index in [2.05, 4.69) is 20.6 Å². The maximum atomic E-state index is 12.0. The molecule has 0 saturated heterocycles. The lowest BCUT2D eigenvalue weighted by Gasteiger charge is -2.15. The summed E-state index contributed by atoms with van der Waals surface area (Å²) < 4.78 is 10.7. The number of fused-ring (bicyclic) bond motifs is 1. The monoisotopic (exact) mass is 473 g/mol. The zero-order chi connectivity index (χ0) is 23.8. The van der Waals surface area contributed by atoms with Gasteiger partial charge in [-0.1, -0.05) is 17.7 Å². The van der Waals surface area contributed by atoms with Crippen LogP contribution in [-0.2, 0) is 16.1 Å². The third kappa shape index (κ3) is 6.43. The molecular formula is C22H24ClN5O5. The number of aromatic nitrogens is 2. The van der Waals surface area contributed by atoms with Crippen LogP contribution in [-0.4, -0.2) is 47.2 Å². The van der Waals surface area contributed by atoms with Crippen LogP contribution in [0.4, 0.5) is 11.5 Å². The van der Waals surface area contributed by atoms with Crippen LogP contribution < -0.4 is 25.8 Å². The van der Waals surface area contributed by atoms with Crippen LogP contribution in [0.1, 0.15) is 18.4 Å². The van der Waals surface area contributed by atoms with Gasteiger partial charge in [-0.2, -0.15) is 0 Å². The van der Waals surface area contributed by atoms with E-state index in [4.69, 9.17) is 31.9 Å². The number of nitrogens with one attached hydrogen (secondary N) is 2. The van der Waals surface area contributed by atoms with Gasteiger partial charge in [-0.25, -0.2) is 14.8 Å². The minimum atomic E-state index is -1.11. The van der Waals surface area contributed by atoms with Gasteiger partial charge in [-0.15, -0.1) is 0 Å². The van der Waals surface area contributed by atoms with E-state index in [9.17, 15) is 9.59 Å². The van der Waals surface area contributed by atoms with Gasteiger partial charge in [0.15, 0.2) is 18.1 Å². The summed E-state index contributed by atoms with van der Waals surface area (Å²) in [5.74, 6) is -0.181. The molecule has 11 heteroatoms. The van der Waals surface area contributed by atoms with Gasteiger partial charge < -0.3 is 30.9 Å². The van der Waals surface area contributed by atoms with Crippen LogP contribution in [0.3, 0.4) is 0 Å². The quantitative estimate of drug-likeness (QED) is 0.329. The molecule has 0 radical (unpaired) electrons. The van der Waals surface area contributed by atoms with Gasteiger partial charge >= 0.3 is 5.97 Å². The molecule has 10 nitrogen and oxygen atoms in total. The number of anilines is 2. The van der Waals surface area contributed by atoms with Crippen molar-refractivity contribution in [3.63, 3.8) is 0 Å². The minimum absolute atomic E-state index is 0.0962. The summed E-state index contributed by atoms with van der Waals surface area (Å²) in [4.78, 5) is 31.5. The van der Waals surface area contributed by atoms with Crippen LogP contribution in [0, 0.1) is 0 Å². The molecule has 1 amide bonds. The Balaban J connectivity index is 1.92. The lowest BCUT2D eigenvalue weighted by molar-refractivity contribution is -0.139. The molecule has 1 aromatic heterocycles. The van der Waals surface area contributed by atoms with Crippen LogP contribution in [0.2, 0.25) is 5.02 Å². The Morgan fingerprint density at radius 2 is 2.00 bits per heavy atom. The fourth-order valence-corrected chi connectivity index (χ4v) is 3.24. The van der Waals surface area contributed by atoms with Gasteiger partial charge in [0.05, 0.1) is 12.6 Å². The fraction of sp³-hybridized carbons (Fsp3) is 0.273. The molecule has 1 heterocycles. The molecule has 174 valence electrons. The lowest BCUT2D eigenvalue weighted by Crippen LogP contribution is -2.23. The number of ether oxygens (including phenoxy) is 2. The van der Waals surface area contributed by atoms with Crippen LogP contribution in [0.5, 0.6) is 11.5 Å². The number of rotatable bonds is 11. The van der Waals surface area contributed by atoms with E-state index in [0.717, 1.165) is 5.56 Å². The first-order valence-corrected chi connectivity index (χ1v) is 10.5. The summed E-state index contributed by atoms with van der Waals surface area (Å²) >= 11 is 6.20. The van der Waals surface area contributed by atoms with E-state index in [1.54, 1.807) is 24.3 Å². The highest BCUT2D eigenvalue weighted by Crippen LogP contribution is 2.35. The van der Waals surface area contributed by atoms with Crippen molar-refractivity contribution in [3.05, 3.63) is 47.2 Å². The molecule has 33 heavy (non-hydrogen) atoms. The van der Waals surface area contributed by atoms with E-state index in [1.807, 2.05) is 6.07 Å². The molecule has 0 saturated carbocycles. The molecule has 0 unspecified atom stereocenters. The predicted octanol–water partition coefficient (Wildman–Crippen LogP) is 2.85. The van der Waals surface area contributed by atoms with Crippen molar-refractivity contribution in [2.24, 2.45) is 5.73 Å². The highest BCUT2D eigenvalue weighted by molar-refractivity contribution is 6.30. The molecule has 0 spiro atoms. The third-order valence-corrected chi connectivity index (χ3v) is 4.92. The molecule has 0 atom stereocenters. The Bertz CT molecular complexity index is 1160. The largest absolute Gasteiger partial charge is 0.493 e. The number of hydrogen-bond donors (Lipinski definition) is 4. The number of aliphatic carboxylic acids is 1. The van der Waals surface area contributed by atoms with E-state index in [1.165, 1.54) is 13.4 Å². The van der Waals surface area contributed by atoms with Gasteiger partial charge in [0.25, 0.3) is 0 Å². The maximum absolute atomic E-state index is 12.0. The van der Waals surface area contributed by atoms with Crippen molar-refractivity contribution in [3.8, 4) is 11.5 Å². The number of benzene rings is 2. The van der Waals surface area contributed by atoms with Crippen molar-refractivity contribution in [2.75, 3.05) is 25.6 Å². The Kier molecular flexibility index (Phi) is 8.22. The SMILES string of the molecule is COc1cc2ncnc(Nc3cc(Cl)ccc3CNC(=O)CCCN)c2cc1OCC(=O)O. The molecule has 0 aliphatic rings. The summed E-state index contributed by atoms with van der Waals surface area (Å²) in [5, 5.41) is 16.1. The van der Waals surface area contributed by atoms with Gasteiger partial charge in [0, 0.05) is 35.1 Å². The number of nitrogens with zero attached hydrogens (tertiary/aromatic N) is 2. The number of carboxylic acids is 1. The van der Waals surface area contributed by atoms with Crippen LogP contribution >= 0.6 is 11.6 Å². The third-order valence-electron chi connectivity index (χ3n) is 4.68. The van der Waals surface area contributed by atoms with E-state index in [-0.39, 0.29) is 18.2 Å². The molecule has 0 aliphatic carbocycles. The molecule has 0 aliphatic heterocycles. The van der Waals surface area contributed by atoms with Crippen molar-refractivity contribution in [1.82, 2.24) is 15.3 Å². The zero-order valence-corrected chi connectivity index (χ0v) is 18.7. The highest BCUT2D eigenvalue weighted by atomic mass is 35.5. The minimum Gasteiger partial charge on any atom is -0.493 e. The Hall–Kier alpha value is -3.63. The number of carboxylic acid groups (broad SMARTS) is 1. The highest BCUT2D eigenvalue weighted by Gasteiger charge is 2.14. The molecule has 0 bridgehead atoms. The summed E-state index contributed by atoms with van der Waals surface area (Å²) in [6.45, 7) is 0.207. The first kappa shape index (κ1) is 24.0. The van der Waals surface area contributed by atoms with Gasteiger partial charge in [-0.3, -0.25) is 4.79 Å². The van der Waals surface area contributed by atoms with E-state index in [0.29, 0.717) is 52.6 Å². The maximum Gasteiger partial charge on any atom is 0.341 e. The summed E-state index contributed by atoms with van der Waals surface area (Å²) in [5.41, 5.74) is 7.46. The first-order chi connectivity index (χ1) is 15.9. The average Bonchev–Trinajstić information content (AvgIpc) is 2.80. The normalized spacial score (nSPS) is 10.6. The smallest absolute Gasteiger partial charge is 0.341 e. The number of carbonyl (C=O) groups is 2. The van der Waals surface area contributed by atoms with E-state index >= 15 is 0 Å². The van der Waals surface area contributed by atoms with Crippen LogP contribution in [0.15, 0.2) is 36.7 Å². The summed E-state index contributed by atoms with van der Waals surface area (Å²) in [6.07, 6.45) is 2.35. The number of halogens is 1. The number of amides is 1. The second-order valence-corrected chi connectivity index (χ2v) is 7.46. The topological polar surface area (TPSA) is 149 Å². The molecule has 3 aromatic rings. The molecule has 3 rings (SSSR count). The number of nitrogens with two attached hydrogens (primary N) is 1. The predicted molar refractivity (Wildman–Crippen MR) is 124 cm³/mol. The molecular weight excluding hydrogens is 450 g/mol. The Labute approximate surface area is 195 Å². The van der Waals surface area contributed by atoms with Gasteiger partial charge in [0.2, 0.25) is 5.91 Å². The average molecular weight is 474 g/mol. The van der Waals surface area contributed by atoms with Crippen molar-refractivity contribution >= 4 is 45.9 Å². The first-order valence-electron chi connectivity index (χ1n) is 10.1. The zero-order valence-electron chi connectivity index (χ0n) is 17.9. The summed E-state index contributed by atoms with van der Waals surface area (Å²) in [7, 11) is 1.45. The fourth-order valence-electron chi connectivity index (χ4n) is 3.07. The van der Waals surface area contributed by atoms with Crippen molar-refractivity contribution < 1.29 is 24.2 Å². The van der Waals surface area contributed by atoms with Gasteiger partial charge in [-0.05, 0) is 36.7 Å².